The van der Waals surface area contributed by atoms with E-state index >= 15 is 0 Å². The Hall–Kier alpha value is -2.25. The average Bonchev–Trinajstić information content (AvgIpc) is 2.74. The van der Waals surface area contributed by atoms with Gasteiger partial charge < -0.3 is 9.47 Å². The van der Waals surface area contributed by atoms with Crippen LogP contribution in [0.1, 0.15) is 54.9 Å². The lowest BCUT2D eigenvalue weighted by atomic mass is 9.97. The van der Waals surface area contributed by atoms with E-state index in [0.717, 1.165) is 13.0 Å². The average molecular weight is 440 g/mol. The first-order chi connectivity index (χ1) is 14.8. The first kappa shape index (κ1) is 23.4. The maximum absolute atomic E-state index is 14.4. The Morgan fingerprint density at radius 1 is 0.935 bits per heavy atom. The molecule has 2 nitrogen and oxygen atoms in total. The molecule has 0 atom stereocenters. The molecule has 2 aromatic carbocycles. The van der Waals surface area contributed by atoms with Crippen molar-refractivity contribution in [3.63, 3.8) is 0 Å². The van der Waals surface area contributed by atoms with Crippen molar-refractivity contribution in [2.45, 2.75) is 51.7 Å². The molecule has 1 heterocycles. The second kappa shape index (κ2) is 10.4. The molecule has 0 saturated carbocycles. The minimum Gasteiger partial charge on any atom is -0.352 e. The molecular formula is C24H25F5O2. The molecular weight excluding hydrogens is 415 g/mol. The van der Waals surface area contributed by atoms with Gasteiger partial charge in [0.25, 0.3) is 0 Å². The van der Waals surface area contributed by atoms with E-state index in [1.54, 1.807) is 0 Å². The minimum atomic E-state index is -1.10. The zero-order chi connectivity index (χ0) is 22.5. The Kier molecular flexibility index (Phi) is 7.84. The summed E-state index contributed by atoms with van der Waals surface area (Å²) in [4.78, 5) is 0. The molecule has 0 aliphatic carbocycles. The Balaban J connectivity index is 1.56. The van der Waals surface area contributed by atoms with Crippen LogP contribution in [-0.2, 0) is 22.3 Å². The Morgan fingerprint density at radius 3 is 2.13 bits per heavy atom. The van der Waals surface area contributed by atoms with Crippen LogP contribution in [-0.4, -0.2) is 19.5 Å². The van der Waals surface area contributed by atoms with E-state index in [-0.39, 0.29) is 24.3 Å². The van der Waals surface area contributed by atoms with Gasteiger partial charge in [0.2, 0.25) is 0 Å². The number of hydrogen-bond donors (Lipinski definition) is 0. The standard InChI is InChI=1S/C24H25F5O2/c1-3-4-19-20(26)9-15(10-21(19)27)5-8-23-30-12-17(13-31-23)18-7-6-16(11-22(18)28)24(29)14(2)25/h6-7,9-11,17,23H,3-5,8,12-13H2,1-2H3. The number of allylic oxidation sites excluding steroid dienone is 1. The quantitative estimate of drug-likeness (QED) is 0.442. The van der Waals surface area contributed by atoms with Crippen LogP contribution in [0.15, 0.2) is 36.2 Å². The molecule has 0 amide bonds. The van der Waals surface area contributed by atoms with Crippen molar-refractivity contribution in [1.29, 1.82) is 0 Å². The van der Waals surface area contributed by atoms with E-state index in [0.29, 0.717) is 36.8 Å². The first-order valence-corrected chi connectivity index (χ1v) is 10.3. The lowest BCUT2D eigenvalue weighted by Crippen LogP contribution is -2.31. The summed E-state index contributed by atoms with van der Waals surface area (Å²) in [6.07, 6.45) is 1.19. The van der Waals surface area contributed by atoms with Crippen molar-refractivity contribution >= 4 is 5.83 Å². The number of ether oxygens (including phenoxy) is 2. The van der Waals surface area contributed by atoms with E-state index in [1.165, 1.54) is 24.3 Å². The zero-order valence-corrected chi connectivity index (χ0v) is 17.5. The van der Waals surface area contributed by atoms with Crippen molar-refractivity contribution < 1.29 is 31.4 Å². The van der Waals surface area contributed by atoms with Gasteiger partial charge in [-0.2, -0.15) is 0 Å². The molecule has 31 heavy (non-hydrogen) atoms. The highest BCUT2D eigenvalue weighted by molar-refractivity contribution is 5.61. The smallest absolute Gasteiger partial charge is 0.161 e. The van der Waals surface area contributed by atoms with Gasteiger partial charge in [-0.05, 0) is 49.1 Å². The van der Waals surface area contributed by atoms with E-state index in [4.69, 9.17) is 9.47 Å². The van der Waals surface area contributed by atoms with E-state index in [9.17, 15) is 22.0 Å². The lowest BCUT2D eigenvalue weighted by Gasteiger charge is -2.30. The van der Waals surface area contributed by atoms with Crippen LogP contribution in [0, 0.1) is 17.5 Å². The molecule has 1 fully saturated rings. The van der Waals surface area contributed by atoms with Gasteiger partial charge >= 0.3 is 0 Å². The topological polar surface area (TPSA) is 18.5 Å². The van der Waals surface area contributed by atoms with Crippen molar-refractivity contribution in [2.75, 3.05) is 13.2 Å². The van der Waals surface area contributed by atoms with Crippen LogP contribution < -0.4 is 0 Å². The van der Waals surface area contributed by atoms with Gasteiger partial charge in [-0.1, -0.05) is 25.5 Å². The van der Waals surface area contributed by atoms with Crippen molar-refractivity contribution in [3.8, 4) is 0 Å². The normalized spacial score (nSPS) is 20.0. The molecule has 1 saturated heterocycles. The summed E-state index contributed by atoms with van der Waals surface area (Å²) in [7, 11) is 0. The molecule has 0 unspecified atom stereocenters. The Morgan fingerprint density at radius 2 is 1.58 bits per heavy atom. The van der Waals surface area contributed by atoms with Crippen LogP contribution >= 0.6 is 0 Å². The SMILES string of the molecule is CCCc1c(F)cc(CCC2OCC(c3ccc(C(F)=C(C)F)cc3F)CO2)cc1F. The third-order valence-electron chi connectivity index (χ3n) is 5.33. The van der Waals surface area contributed by atoms with Crippen LogP contribution in [0.25, 0.3) is 5.83 Å². The highest BCUT2D eigenvalue weighted by Crippen LogP contribution is 2.29. The summed E-state index contributed by atoms with van der Waals surface area (Å²) in [5, 5.41) is 0. The second-order valence-electron chi connectivity index (χ2n) is 7.70. The molecule has 0 bridgehead atoms. The van der Waals surface area contributed by atoms with Crippen molar-refractivity contribution in [2.24, 2.45) is 0 Å². The summed E-state index contributed by atoms with van der Waals surface area (Å²) in [5.41, 5.74) is 0.747. The van der Waals surface area contributed by atoms with Gasteiger partial charge in [-0.15, -0.1) is 0 Å². The fourth-order valence-electron chi connectivity index (χ4n) is 3.66. The van der Waals surface area contributed by atoms with Crippen LogP contribution in [0.3, 0.4) is 0 Å². The summed E-state index contributed by atoms with van der Waals surface area (Å²) in [6.45, 7) is 3.18. The summed E-state index contributed by atoms with van der Waals surface area (Å²) in [5.74, 6) is -4.27. The molecule has 2 aromatic rings. The lowest BCUT2D eigenvalue weighted by molar-refractivity contribution is -0.189. The van der Waals surface area contributed by atoms with E-state index < -0.39 is 41.3 Å². The first-order valence-electron chi connectivity index (χ1n) is 10.3. The molecule has 0 aromatic heterocycles. The third kappa shape index (κ3) is 5.71. The second-order valence-corrected chi connectivity index (χ2v) is 7.70. The maximum Gasteiger partial charge on any atom is 0.161 e. The molecule has 0 N–H and O–H groups in total. The van der Waals surface area contributed by atoms with Crippen LogP contribution in [0.5, 0.6) is 0 Å². The molecule has 168 valence electrons. The van der Waals surface area contributed by atoms with Gasteiger partial charge in [0.1, 0.15) is 23.3 Å². The number of aryl methyl sites for hydroxylation is 1. The van der Waals surface area contributed by atoms with Crippen LogP contribution in [0.2, 0.25) is 0 Å². The van der Waals surface area contributed by atoms with Gasteiger partial charge in [0, 0.05) is 23.5 Å². The van der Waals surface area contributed by atoms with Gasteiger partial charge in [0.05, 0.1) is 13.2 Å². The number of benzene rings is 2. The number of rotatable bonds is 7. The summed E-state index contributed by atoms with van der Waals surface area (Å²) < 4.78 is 80.5. The summed E-state index contributed by atoms with van der Waals surface area (Å²) in [6, 6.07) is 6.33. The predicted octanol–water partition coefficient (Wildman–Crippen LogP) is 6.77. The minimum absolute atomic E-state index is 0.101. The van der Waals surface area contributed by atoms with Gasteiger partial charge in [-0.25, -0.2) is 22.0 Å². The maximum atomic E-state index is 14.4. The number of halogens is 5. The number of hydrogen-bond acceptors (Lipinski definition) is 2. The molecule has 1 aliphatic rings. The van der Waals surface area contributed by atoms with Gasteiger partial charge in [0.15, 0.2) is 12.1 Å². The van der Waals surface area contributed by atoms with E-state index in [2.05, 4.69) is 0 Å². The molecule has 0 radical (unpaired) electrons. The Labute approximate surface area is 178 Å². The summed E-state index contributed by atoms with van der Waals surface area (Å²) >= 11 is 0. The highest BCUT2D eigenvalue weighted by Gasteiger charge is 2.26. The van der Waals surface area contributed by atoms with E-state index in [1.807, 2.05) is 6.92 Å². The molecule has 1 aliphatic heterocycles. The third-order valence-corrected chi connectivity index (χ3v) is 5.33. The van der Waals surface area contributed by atoms with Crippen molar-refractivity contribution in [3.05, 3.63) is 75.9 Å². The van der Waals surface area contributed by atoms with Gasteiger partial charge in [-0.3, -0.25) is 0 Å². The predicted molar refractivity (Wildman–Crippen MR) is 108 cm³/mol. The van der Waals surface area contributed by atoms with Crippen molar-refractivity contribution in [1.82, 2.24) is 0 Å². The molecule has 3 rings (SSSR count). The fraction of sp³-hybridized carbons (Fsp3) is 0.417. The fourth-order valence-corrected chi connectivity index (χ4v) is 3.66. The zero-order valence-electron chi connectivity index (χ0n) is 17.5. The Bertz CT molecular complexity index is 922. The molecule has 7 heteroatoms. The molecule has 0 spiro atoms. The van der Waals surface area contributed by atoms with Crippen LogP contribution in [0.4, 0.5) is 22.0 Å². The monoisotopic (exact) mass is 440 g/mol. The highest BCUT2D eigenvalue weighted by atomic mass is 19.2. The largest absolute Gasteiger partial charge is 0.352 e.